The minimum absolute atomic E-state index is 0.0958. The van der Waals surface area contributed by atoms with Crippen molar-refractivity contribution >= 4 is 32.9 Å². The molecule has 1 heterocycles. The van der Waals surface area contributed by atoms with Crippen LogP contribution in [0.2, 0.25) is 0 Å². The van der Waals surface area contributed by atoms with Crippen molar-refractivity contribution in [1.29, 1.82) is 0 Å². The van der Waals surface area contributed by atoms with Gasteiger partial charge in [-0.25, -0.2) is 9.99 Å². The number of nitrogens with zero attached hydrogens (tertiary/aromatic N) is 3. The maximum Gasteiger partial charge on any atom is 0.207 e. The van der Waals surface area contributed by atoms with Gasteiger partial charge >= 0.3 is 0 Å². The van der Waals surface area contributed by atoms with E-state index < -0.39 is 0 Å². The number of aromatic hydroxyl groups is 2. The summed E-state index contributed by atoms with van der Waals surface area (Å²) < 4.78 is 1.14. The van der Waals surface area contributed by atoms with Crippen molar-refractivity contribution in [2.45, 2.75) is 32.1 Å². The largest absolute Gasteiger partial charge is 0.508 e. The molecule has 0 amide bonds. The topological polar surface area (TPSA) is 69.0 Å². The summed E-state index contributed by atoms with van der Waals surface area (Å²) in [5.74, 6) is 0.798. The van der Waals surface area contributed by atoms with E-state index in [1.165, 1.54) is 50.3 Å². The number of fused-ring (bicyclic) bond motifs is 1. The molecule has 2 N–H and O–H groups in total. The van der Waals surface area contributed by atoms with Gasteiger partial charge in [0.05, 0.1) is 16.4 Å². The highest BCUT2D eigenvalue weighted by Gasteiger charge is 2.19. The summed E-state index contributed by atoms with van der Waals surface area (Å²) in [6, 6.07) is 12.5. The molecule has 140 valence electrons. The second-order valence-corrected chi connectivity index (χ2v) is 8.05. The first kappa shape index (κ1) is 17.8. The Labute approximate surface area is 162 Å². The Hall–Kier alpha value is -2.60. The Bertz CT molecular complexity index is 915. The van der Waals surface area contributed by atoms with Gasteiger partial charge in [0, 0.05) is 12.1 Å². The Morgan fingerprint density at radius 2 is 1.93 bits per heavy atom. The molecule has 4 rings (SSSR count). The van der Waals surface area contributed by atoms with Crippen molar-refractivity contribution in [3.8, 4) is 11.5 Å². The third-order valence-electron chi connectivity index (χ3n) is 5.01. The zero-order valence-corrected chi connectivity index (χ0v) is 15.9. The first-order valence-corrected chi connectivity index (χ1v) is 10.2. The molecule has 0 spiro atoms. The van der Waals surface area contributed by atoms with Gasteiger partial charge < -0.3 is 10.2 Å². The number of para-hydroxylation sites is 1. The van der Waals surface area contributed by atoms with Crippen molar-refractivity contribution in [2.24, 2.45) is 11.0 Å². The average Bonchev–Trinajstić information content (AvgIpc) is 3.12. The number of hydrogen-bond acceptors (Lipinski definition) is 6. The van der Waals surface area contributed by atoms with Crippen molar-refractivity contribution in [1.82, 2.24) is 4.98 Å². The smallest absolute Gasteiger partial charge is 0.207 e. The number of phenolic OH excluding ortho intramolecular Hbond substituents is 2. The van der Waals surface area contributed by atoms with Crippen molar-refractivity contribution in [2.75, 3.05) is 11.6 Å². The minimum Gasteiger partial charge on any atom is -0.508 e. The lowest BCUT2D eigenvalue weighted by atomic mass is 9.89. The van der Waals surface area contributed by atoms with Gasteiger partial charge in [0.2, 0.25) is 5.13 Å². The molecule has 0 bridgehead atoms. The number of phenols is 2. The van der Waals surface area contributed by atoms with Crippen molar-refractivity contribution < 1.29 is 10.2 Å². The lowest BCUT2D eigenvalue weighted by Gasteiger charge is -2.26. The Morgan fingerprint density at radius 1 is 1.11 bits per heavy atom. The highest BCUT2D eigenvalue weighted by Crippen LogP contribution is 2.32. The predicted molar refractivity (Wildman–Crippen MR) is 111 cm³/mol. The van der Waals surface area contributed by atoms with E-state index in [0.29, 0.717) is 11.5 Å². The fraction of sp³-hybridized carbons (Fsp3) is 0.333. The molecule has 1 aromatic heterocycles. The van der Waals surface area contributed by atoms with Crippen LogP contribution in [0.3, 0.4) is 0 Å². The lowest BCUT2D eigenvalue weighted by molar-refractivity contribution is 0.359. The predicted octanol–water partition coefficient (Wildman–Crippen LogP) is 5.13. The summed E-state index contributed by atoms with van der Waals surface area (Å²) in [7, 11) is 0. The fourth-order valence-corrected chi connectivity index (χ4v) is 4.47. The average molecular weight is 382 g/mol. The fourth-order valence-electron chi connectivity index (χ4n) is 3.54. The molecule has 0 aliphatic heterocycles. The third kappa shape index (κ3) is 4.22. The summed E-state index contributed by atoms with van der Waals surface area (Å²) in [4.78, 5) is 4.75. The van der Waals surface area contributed by atoms with Gasteiger partial charge in [0.15, 0.2) is 0 Å². The Kier molecular flexibility index (Phi) is 5.25. The number of rotatable bonds is 5. The molecule has 1 aliphatic rings. The standard InChI is InChI=1S/C21H23N3O2S/c25-17-10-11-19(26)16(12-17)13-22-24(14-15-6-2-1-3-7-15)21-23-18-8-4-5-9-20(18)27-21/h4-5,8-13,15,25-26H,1-3,6-7,14H2/b22-13+. The summed E-state index contributed by atoms with van der Waals surface area (Å²) in [5, 5.41) is 27.1. The van der Waals surface area contributed by atoms with Gasteiger partial charge in [-0.2, -0.15) is 5.10 Å². The maximum atomic E-state index is 10.0. The SMILES string of the molecule is Oc1ccc(O)c(/C=N/N(CC2CCCCC2)c2nc3ccccc3s2)c1. The highest BCUT2D eigenvalue weighted by atomic mass is 32.1. The second kappa shape index (κ2) is 7.96. The second-order valence-electron chi connectivity index (χ2n) is 7.04. The molecule has 1 aliphatic carbocycles. The summed E-state index contributed by atoms with van der Waals surface area (Å²) >= 11 is 1.63. The molecule has 0 radical (unpaired) electrons. The van der Waals surface area contributed by atoms with Gasteiger partial charge in [-0.1, -0.05) is 42.7 Å². The van der Waals surface area contributed by atoms with Crippen LogP contribution in [-0.4, -0.2) is 28.0 Å². The van der Waals surface area contributed by atoms with E-state index in [-0.39, 0.29) is 11.5 Å². The molecule has 5 nitrogen and oxygen atoms in total. The van der Waals surface area contributed by atoms with E-state index in [0.717, 1.165) is 21.9 Å². The van der Waals surface area contributed by atoms with Crippen LogP contribution in [0.4, 0.5) is 5.13 Å². The van der Waals surface area contributed by atoms with Crippen LogP contribution in [-0.2, 0) is 0 Å². The molecule has 0 saturated heterocycles. The minimum atomic E-state index is 0.0958. The molecule has 1 saturated carbocycles. The number of hydrogen-bond donors (Lipinski definition) is 2. The molecule has 27 heavy (non-hydrogen) atoms. The summed E-state index contributed by atoms with van der Waals surface area (Å²) in [5.41, 5.74) is 1.46. The van der Waals surface area contributed by atoms with Crippen LogP contribution in [0.5, 0.6) is 11.5 Å². The summed E-state index contributed by atoms with van der Waals surface area (Å²) in [6.07, 6.45) is 7.90. The van der Waals surface area contributed by atoms with Crippen LogP contribution in [0.15, 0.2) is 47.6 Å². The quantitative estimate of drug-likeness (QED) is 0.365. The maximum absolute atomic E-state index is 10.0. The van der Waals surface area contributed by atoms with E-state index in [1.807, 2.05) is 23.2 Å². The highest BCUT2D eigenvalue weighted by molar-refractivity contribution is 7.22. The van der Waals surface area contributed by atoms with Crippen LogP contribution < -0.4 is 5.01 Å². The molecular formula is C21H23N3O2S. The normalized spacial score (nSPS) is 15.6. The lowest BCUT2D eigenvalue weighted by Crippen LogP contribution is -2.26. The molecule has 1 fully saturated rings. The van der Waals surface area contributed by atoms with E-state index in [1.54, 1.807) is 17.6 Å². The van der Waals surface area contributed by atoms with E-state index >= 15 is 0 Å². The monoisotopic (exact) mass is 381 g/mol. The number of benzene rings is 2. The van der Waals surface area contributed by atoms with Gasteiger partial charge in [-0.3, -0.25) is 0 Å². The van der Waals surface area contributed by atoms with Gasteiger partial charge in [0.1, 0.15) is 11.5 Å². The van der Waals surface area contributed by atoms with Crippen LogP contribution in [0.1, 0.15) is 37.7 Å². The Morgan fingerprint density at radius 3 is 2.74 bits per heavy atom. The zero-order valence-electron chi connectivity index (χ0n) is 15.1. The van der Waals surface area contributed by atoms with Crippen LogP contribution >= 0.6 is 11.3 Å². The van der Waals surface area contributed by atoms with Crippen molar-refractivity contribution in [3.63, 3.8) is 0 Å². The van der Waals surface area contributed by atoms with Gasteiger partial charge in [-0.05, 0) is 49.1 Å². The zero-order chi connectivity index (χ0) is 18.6. The number of thiazole rings is 1. The molecule has 6 heteroatoms. The van der Waals surface area contributed by atoms with E-state index in [2.05, 4.69) is 11.2 Å². The van der Waals surface area contributed by atoms with E-state index in [9.17, 15) is 10.2 Å². The Balaban J connectivity index is 1.64. The molecular weight excluding hydrogens is 358 g/mol. The van der Waals surface area contributed by atoms with Gasteiger partial charge in [0.25, 0.3) is 0 Å². The van der Waals surface area contributed by atoms with Crippen molar-refractivity contribution in [3.05, 3.63) is 48.0 Å². The molecule has 3 aromatic rings. The number of anilines is 1. The number of hydrazone groups is 1. The van der Waals surface area contributed by atoms with E-state index in [4.69, 9.17) is 4.98 Å². The molecule has 0 atom stereocenters. The van der Waals surface area contributed by atoms with Crippen LogP contribution in [0.25, 0.3) is 10.2 Å². The molecule has 2 aromatic carbocycles. The summed E-state index contributed by atoms with van der Waals surface area (Å²) in [6.45, 7) is 0.815. The van der Waals surface area contributed by atoms with Gasteiger partial charge in [-0.15, -0.1) is 0 Å². The number of aromatic nitrogens is 1. The molecule has 0 unspecified atom stereocenters. The first-order chi connectivity index (χ1) is 13.2. The first-order valence-electron chi connectivity index (χ1n) is 9.38. The third-order valence-corrected chi connectivity index (χ3v) is 6.06. The van der Waals surface area contributed by atoms with Crippen LogP contribution in [0, 0.1) is 5.92 Å².